The molecule has 0 aliphatic carbocycles. The van der Waals surface area contributed by atoms with Crippen LogP contribution >= 0.6 is 0 Å². The number of esters is 2. The molecule has 7 nitrogen and oxygen atoms in total. The zero-order valence-electron chi connectivity index (χ0n) is 12.4. The molecular weight excluding hydrogens is 278 g/mol. The number of amides is 2. The maximum atomic E-state index is 11.5. The van der Waals surface area contributed by atoms with Crippen LogP contribution in [0.15, 0.2) is 12.2 Å². The van der Waals surface area contributed by atoms with Gasteiger partial charge in [-0.25, -0.2) is 9.59 Å². The SMILES string of the molecule is CCCC(=O)N(C=O)CCCCOC(=O)C=CC(=O)OC. The van der Waals surface area contributed by atoms with Crippen molar-refractivity contribution < 1.29 is 28.7 Å². The molecule has 0 radical (unpaired) electrons. The minimum atomic E-state index is -0.644. The van der Waals surface area contributed by atoms with Crippen LogP contribution in [0, 0.1) is 0 Å². The minimum absolute atomic E-state index is 0.152. The van der Waals surface area contributed by atoms with E-state index in [0.29, 0.717) is 38.6 Å². The average molecular weight is 299 g/mol. The zero-order valence-corrected chi connectivity index (χ0v) is 12.4. The molecule has 0 fully saturated rings. The molecule has 0 aromatic carbocycles. The predicted molar refractivity (Wildman–Crippen MR) is 74.0 cm³/mol. The average Bonchev–Trinajstić information content (AvgIpc) is 2.48. The van der Waals surface area contributed by atoms with Gasteiger partial charge in [0.05, 0.1) is 13.7 Å². The first-order valence-corrected chi connectivity index (χ1v) is 6.72. The number of hydrogen-bond acceptors (Lipinski definition) is 6. The number of unbranched alkanes of at least 4 members (excludes halogenated alkanes) is 1. The number of hydrogen-bond donors (Lipinski definition) is 0. The Hall–Kier alpha value is -2.18. The third-order valence-corrected chi connectivity index (χ3v) is 2.51. The van der Waals surface area contributed by atoms with Gasteiger partial charge in [0.1, 0.15) is 0 Å². The summed E-state index contributed by atoms with van der Waals surface area (Å²) in [5.41, 5.74) is 0. The van der Waals surface area contributed by atoms with Crippen molar-refractivity contribution in [2.45, 2.75) is 32.6 Å². The van der Waals surface area contributed by atoms with Crippen LogP contribution in [0.3, 0.4) is 0 Å². The van der Waals surface area contributed by atoms with Crippen molar-refractivity contribution in [2.75, 3.05) is 20.3 Å². The molecule has 0 unspecified atom stereocenters. The van der Waals surface area contributed by atoms with Gasteiger partial charge in [0.25, 0.3) is 0 Å². The van der Waals surface area contributed by atoms with Gasteiger partial charge in [-0.05, 0) is 19.3 Å². The molecule has 0 saturated heterocycles. The number of ether oxygens (including phenoxy) is 2. The lowest BCUT2D eigenvalue weighted by Crippen LogP contribution is -2.30. The Kier molecular flexibility index (Phi) is 10.4. The van der Waals surface area contributed by atoms with Gasteiger partial charge in [0.15, 0.2) is 0 Å². The van der Waals surface area contributed by atoms with Crippen molar-refractivity contribution in [3.05, 3.63) is 12.2 Å². The molecule has 0 bridgehead atoms. The van der Waals surface area contributed by atoms with E-state index in [4.69, 9.17) is 4.74 Å². The van der Waals surface area contributed by atoms with Crippen molar-refractivity contribution in [3.63, 3.8) is 0 Å². The molecule has 0 aromatic rings. The van der Waals surface area contributed by atoms with Crippen LogP contribution in [0.25, 0.3) is 0 Å². The zero-order chi connectivity index (χ0) is 16.1. The van der Waals surface area contributed by atoms with Crippen molar-refractivity contribution >= 4 is 24.3 Å². The summed E-state index contributed by atoms with van der Waals surface area (Å²) in [5, 5.41) is 0. The van der Waals surface area contributed by atoms with Crippen LogP contribution in [-0.2, 0) is 28.7 Å². The highest BCUT2D eigenvalue weighted by atomic mass is 16.5. The Bertz CT molecular complexity index is 391. The summed E-state index contributed by atoms with van der Waals surface area (Å²) in [4.78, 5) is 45.2. The van der Waals surface area contributed by atoms with Gasteiger partial charge >= 0.3 is 11.9 Å². The van der Waals surface area contributed by atoms with E-state index in [1.165, 1.54) is 7.11 Å². The van der Waals surface area contributed by atoms with E-state index in [-0.39, 0.29) is 12.5 Å². The Labute approximate surface area is 123 Å². The third kappa shape index (κ3) is 9.37. The standard InChI is InChI=1S/C14H21NO6/c1-3-6-12(17)15(11-16)9-4-5-10-21-14(19)8-7-13(18)20-2/h7-8,11H,3-6,9-10H2,1-2H3. The Morgan fingerprint density at radius 1 is 1.10 bits per heavy atom. The van der Waals surface area contributed by atoms with E-state index in [2.05, 4.69) is 4.74 Å². The predicted octanol–water partition coefficient (Wildman–Crippen LogP) is 0.824. The Morgan fingerprint density at radius 2 is 1.76 bits per heavy atom. The lowest BCUT2D eigenvalue weighted by Gasteiger charge is -2.14. The fraction of sp³-hybridized carbons (Fsp3) is 0.571. The maximum Gasteiger partial charge on any atom is 0.331 e. The van der Waals surface area contributed by atoms with Gasteiger partial charge in [-0.15, -0.1) is 0 Å². The summed E-state index contributed by atoms with van der Waals surface area (Å²) >= 11 is 0. The molecule has 0 heterocycles. The van der Waals surface area contributed by atoms with E-state index in [9.17, 15) is 19.2 Å². The summed E-state index contributed by atoms with van der Waals surface area (Å²) in [6.45, 7) is 2.32. The molecule has 2 amide bonds. The second kappa shape index (κ2) is 11.6. The molecule has 0 spiro atoms. The van der Waals surface area contributed by atoms with Crippen LogP contribution in [-0.4, -0.2) is 49.4 Å². The first-order valence-electron chi connectivity index (χ1n) is 6.72. The largest absolute Gasteiger partial charge is 0.466 e. The van der Waals surface area contributed by atoms with Gasteiger partial charge < -0.3 is 9.47 Å². The minimum Gasteiger partial charge on any atom is -0.466 e. The second-order valence-corrected chi connectivity index (χ2v) is 4.17. The van der Waals surface area contributed by atoms with Gasteiger partial charge in [-0.1, -0.05) is 6.92 Å². The fourth-order valence-electron chi connectivity index (χ4n) is 1.40. The van der Waals surface area contributed by atoms with Crippen molar-refractivity contribution in [2.24, 2.45) is 0 Å². The summed E-state index contributed by atoms with van der Waals surface area (Å²) in [5.74, 6) is -1.48. The van der Waals surface area contributed by atoms with E-state index in [1.807, 2.05) is 6.92 Å². The van der Waals surface area contributed by atoms with E-state index in [0.717, 1.165) is 17.1 Å². The normalized spacial score (nSPS) is 10.2. The second-order valence-electron chi connectivity index (χ2n) is 4.17. The van der Waals surface area contributed by atoms with E-state index >= 15 is 0 Å². The first kappa shape index (κ1) is 18.8. The van der Waals surface area contributed by atoms with Gasteiger partial charge in [0, 0.05) is 25.1 Å². The van der Waals surface area contributed by atoms with E-state index in [1.54, 1.807) is 0 Å². The van der Waals surface area contributed by atoms with Crippen LogP contribution in [0.5, 0.6) is 0 Å². The quantitative estimate of drug-likeness (QED) is 0.257. The van der Waals surface area contributed by atoms with Gasteiger partial charge in [-0.2, -0.15) is 0 Å². The smallest absolute Gasteiger partial charge is 0.331 e. The molecule has 0 aliphatic heterocycles. The maximum absolute atomic E-state index is 11.5. The Morgan fingerprint density at radius 3 is 2.33 bits per heavy atom. The van der Waals surface area contributed by atoms with Crippen molar-refractivity contribution in [3.8, 4) is 0 Å². The first-order chi connectivity index (χ1) is 10.0. The number of rotatable bonds is 10. The summed E-state index contributed by atoms with van der Waals surface area (Å²) in [6, 6.07) is 0. The summed E-state index contributed by atoms with van der Waals surface area (Å²) < 4.78 is 9.16. The van der Waals surface area contributed by atoms with Gasteiger partial charge in [0.2, 0.25) is 12.3 Å². The molecule has 7 heteroatoms. The fourth-order valence-corrected chi connectivity index (χ4v) is 1.40. The topological polar surface area (TPSA) is 90.0 Å². The number of imide groups is 1. The molecular formula is C14H21NO6. The molecule has 0 N–H and O–H groups in total. The van der Waals surface area contributed by atoms with Crippen molar-refractivity contribution in [1.29, 1.82) is 0 Å². The van der Waals surface area contributed by atoms with Crippen LogP contribution in [0.4, 0.5) is 0 Å². The molecule has 0 rings (SSSR count). The molecule has 0 saturated carbocycles. The number of nitrogens with zero attached hydrogens (tertiary/aromatic N) is 1. The highest BCUT2D eigenvalue weighted by molar-refractivity contribution is 5.91. The van der Waals surface area contributed by atoms with Crippen LogP contribution in [0.2, 0.25) is 0 Å². The Balaban J connectivity index is 3.82. The highest BCUT2D eigenvalue weighted by Gasteiger charge is 2.10. The number of carbonyl (C=O) groups excluding carboxylic acids is 4. The highest BCUT2D eigenvalue weighted by Crippen LogP contribution is 1.99. The van der Waals surface area contributed by atoms with Crippen LogP contribution < -0.4 is 0 Å². The van der Waals surface area contributed by atoms with Gasteiger partial charge in [-0.3, -0.25) is 14.5 Å². The summed E-state index contributed by atoms with van der Waals surface area (Å²) in [6.07, 6.45) is 4.56. The third-order valence-electron chi connectivity index (χ3n) is 2.51. The molecule has 0 atom stereocenters. The van der Waals surface area contributed by atoms with Crippen molar-refractivity contribution in [1.82, 2.24) is 4.90 Å². The molecule has 118 valence electrons. The molecule has 21 heavy (non-hydrogen) atoms. The monoisotopic (exact) mass is 299 g/mol. The number of carbonyl (C=O) groups is 4. The molecule has 0 aromatic heterocycles. The lowest BCUT2D eigenvalue weighted by atomic mass is 10.2. The molecule has 0 aliphatic rings. The van der Waals surface area contributed by atoms with E-state index < -0.39 is 11.9 Å². The summed E-state index contributed by atoms with van der Waals surface area (Å²) in [7, 11) is 1.20. The number of methoxy groups -OCH3 is 1. The van der Waals surface area contributed by atoms with Crippen LogP contribution in [0.1, 0.15) is 32.6 Å². The lowest BCUT2D eigenvalue weighted by molar-refractivity contribution is -0.140.